The summed E-state index contributed by atoms with van der Waals surface area (Å²) >= 11 is 0. The van der Waals surface area contributed by atoms with Crippen LogP contribution in [-0.4, -0.2) is 59.8 Å². The highest BCUT2D eigenvalue weighted by Crippen LogP contribution is 2.28. The fraction of sp³-hybridized carbons (Fsp3) is 0.333. The van der Waals surface area contributed by atoms with E-state index in [2.05, 4.69) is 5.10 Å². The van der Waals surface area contributed by atoms with Crippen molar-refractivity contribution in [3.63, 3.8) is 0 Å². The molecule has 2 aliphatic heterocycles. The number of furan rings is 1. The molecule has 0 spiro atoms. The Bertz CT molecular complexity index is 995. The Kier molecular flexibility index (Phi) is 5.23. The van der Waals surface area contributed by atoms with E-state index in [0.717, 1.165) is 0 Å². The maximum Gasteiger partial charge on any atom is 0.433 e. The van der Waals surface area contributed by atoms with Crippen LogP contribution in [0.25, 0.3) is 0 Å². The number of nitrogens with zero attached hydrogens (tertiary/aromatic N) is 5. The fourth-order valence-electron chi connectivity index (χ4n) is 3.23. The number of rotatable bonds is 6. The first kappa shape index (κ1) is 19.6. The first-order valence-electron chi connectivity index (χ1n) is 9.12. The van der Waals surface area contributed by atoms with Crippen LogP contribution < -0.4 is 9.80 Å². The average Bonchev–Trinajstić information content (AvgIpc) is 3.35. The molecule has 0 aliphatic carbocycles. The lowest BCUT2D eigenvalue weighted by Gasteiger charge is -2.29. The third kappa shape index (κ3) is 3.89. The number of cyclic esters (lactones) is 1. The van der Waals surface area contributed by atoms with Gasteiger partial charge < -0.3 is 19.2 Å². The molecule has 3 heterocycles. The van der Waals surface area contributed by atoms with Gasteiger partial charge >= 0.3 is 12.0 Å². The van der Waals surface area contributed by atoms with Crippen LogP contribution in [-0.2, 0) is 11.3 Å². The van der Waals surface area contributed by atoms with Crippen molar-refractivity contribution in [1.82, 2.24) is 5.01 Å². The largest absolute Gasteiger partial charge is 0.441 e. The molecule has 12 heteroatoms. The summed E-state index contributed by atoms with van der Waals surface area (Å²) in [5.41, 5.74) is 0.634. The molecule has 0 unspecified atom stereocenters. The summed E-state index contributed by atoms with van der Waals surface area (Å²) < 4.78 is 24.8. The van der Waals surface area contributed by atoms with Crippen molar-refractivity contribution in [2.24, 2.45) is 5.10 Å². The van der Waals surface area contributed by atoms with Gasteiger partial charge in [0.05, 0.1) is 43.7 Å². The Morgan fingerprint density at radius 1 is 1.30 bits per heavy atom. The van der Waals surface area contributed by atoms with Crippen LogP contribution in [0.15, 0.2) is 39.9 Å². The lowest BCUT2D eigenvalue weighted by Crippen LogP contribution is -2.38. The standard InChI is InChI=1S/C18H18FN5O6/c19-15-7-12(23-9-14(10-25)30-18(23)26)1-3-16(15)21-5-6-22(20-11-21)8-13-2-4-17(29-13)24(27)28/h1-4,7,11,14,25H,5-6,8-10H2/t14-/m1/s1. The second kappa shape index (κ2) is 7.99. The van der Waals surface area contributed by atoms with E-state index < -0.39 is 22.9 Å². The van der Waals surface area contributed by atoms with Gasteiger partial charge in [0.15, 0.2) is 0 Å². The minimum atomic E-state index is -0.630. The Morgan fingerprint density at radius 3 is 2.73 bits per heavy atom. The summed E-state index contributed by atoms with van der Waals surface area (Å²) in [6.45, 7) is 0.987. The quantitative estimate of drug-likeness (QED) is 0.556. The van der Waals surface area contributed by atoms with Gasteiger partial charge in [0.1, 0.15) is 28.9 Å². The number of halogens is 1. The molecule has 11 nitrogen and oxygen atoms in total. The Morgan fingerprint density at radius 2 is 2.13 bits per heavy atom. The number of ether oxygens (including phenoxy) is 1. The Hall–Kier alpha value is -3.67. The topological polar surface area (TPSA) is 125 Å². The van der Waals surface area contributed by atoms with Crippen LogP contribution in [0, 0.1) is 15.9 Å². The van der Waals surface area contributed by atoms with Crippen molar-refractivity contribution in [1.29, 1.82) is 0 Å². The molecule has 30 heavy (non-hydrogen) atoms. The lowest BCUT2D eigenvalue weighted by atomic mass is 10.2. The third-order valence-electron chi connectivity index (χ3n) is 4.75. The normalized spacial score (nSPS) is 18.8. The predicted molar refractivity (Wildman–Crippen MR) is 103 cm³/mol. The highest BCUT2D eigenvalue weighted by atomic mass is 19.1. The molecule has 1 fully saturated rings. The monoisotopic (exact) mass is 419 g/mol. The smallest absolute Gasteiger partial charge is 0.433 e. The molecule has 1 amide bonds. The summed E-state index contributed by atoms with van der Waals surface area (Å²) in [7, 11) is 0. The fourth-order valence-corrected chi connectivity index (χ4v) is 3.23. The van der Waals surface area contributed by atoms with Crippen LogP contribution >= 0.6 is 0 Å². The van der Waals surface area contributed by atoms with Crippen molar-refractivity contribution >= 4 is 29.7 Å². The highest BCUT2D eigenvalue weighted by molar-refractivity contribution is 5.90. The van der Waals surface area contributed by atoms with Gasteiger partial charge in [-0.3, -0.25) is 20.0 Å². The number of anilines is 2. The van der Waals surface area contributed by atoms with Gasteiger partial charge in [-0.25, -0.2) is 9.18 Å². The minimum Gasteiger partial charge on any atom is -0.441 e. The number of nitro groups is 1. The number of hydrogen-bond acceptors (Lipinski definition) is 9. The van der Waals surface area contributed by atoms with Gasteiger partial charge in [0.25, 0.3) is 0 Å². The van der Waals surface area contributed by atoms with Gasteiger partial charge in [0.2, 0.25) is 0 Å². The summed E-state index contributed by atoms with van der Waals surface area (Å²) in [5, 5.41) is 25.7. The molecule has 2 aromatic rings. The van der Waals surface area contributed by atoms with E-state index in [1.165, 1.54) is 29.4 Å². The van der Waals surface area contributed by atoms with E-state index in [1.54, 1.807) is 22.0 Å². The average molecular weight is 419 g/mol. The molecule has 0 radical (unpaired) electrons. The molecule has 1 N–H and O–H groups in total. The van der Waals surface area contributed by atoms with Crippen LogP contribution in [0.5, 0.6) is 0 Å². The maximum absolute atomic E-state index is 14.7. The van der Waals surface area contributed by atoms with E-state index >= 15 is 0 Å². The number of carbonyl (C=O) groups is 1. The zero-order valence-corrected chi connectivity index (χ0v) is 15.7. The van der Waals surface area contributed by atoms with E-state index in [1.807, 2.05) is 0 Å². The molecule has 1 aromatic heterocycles. The number of aliphatic hydroxyl groups is 1. The number of aliphatic hydroxyl groups excluding tert-OH is 1. The number of carbonyl (C=O) groups excluding carboxylic acids is 1. The van der Waals surface area contributed by atoms with Gasteiger partial charge in [-0.05, 0) is 24.3 Å². The second-order valence-electron chi connectivity index (χ2n) is 6.74. The molecule has 2 aliphatic rings. The summed E-state index contributed by atoms with van der Waals surface area (Å²) in [6.07, 6.45) is 0.204. The summed E-state index contributed by atoms with van der Waals surface area (Å²) in [5.74, 6) is -0.460. The predicted octanol–water partition coefficient (Wildman–Crippen LogP) is 1.91. The zero-order chi connectivity index (χ0) is 21.3. The zero-order valence-electron chi connectivity index (χ0n) is 15.7. The number of benzene rings is 1. The van der Waals surface area contributed by atoms with Crippen LogP contribution in [0.2, 0.25) is 0 Å². The molecule has 1 aromatic carbocycles. The Balaban J connectivity index is 1.42. The van der Waals surface area contributed by atoms with Crippen molar-refractivity contribution in [3.05, 3.63) is 52.0 Å². The van der Waals surface area contributed by atoms with Crippen LogP contribution in [0.1, 0.15) is 5.76 Å². The van der Waals surface area contributed by atoms with Gasteiger partial charge in [-0.1, -0.05) is 0 Å². The number of hydrazone groups is 1. The maximum atomic E-state index is 14.7. The summed E-state index contributed by atoms with van der Waals surface area (Å²) in [6, 6.07) is 7.18. The van der Waals surface area contributed by atoms with Crippen LogP contribution in [0.3, 0.4) is 0 Å². The van der Waals surface area contributed by atoms with E-state index in [-0.39, 0.29) is 25.6 Å². The SMILES string of the molecule is O=C1O[C@@H](CO)CN1c1ccc(N2C=NN(Cc3ccc([N+](=O)[O-])o3)CC2)c(F)c1. The van der Waals surface area contributed by atoms with Gasteiger partial charge in [-0.15, -0.1) is 0 Å². The molecule has 4 rings (SSSR count). The molecule has 0 saturated carbocycles. The van der Waals surface area contributed by atoms with Gasteiger partial charge in [-0.2, -0.15) is 5.10 Å². The second-order valence-corrected chi connectivity index (χ2v) is 6.74. The van der Waals surface area contributed by atoms with Crippen molar-refractivity contribution < 1.29 is 28.4 Å². The van der Waals surface area contributed by atoms with Crippen molar-refractivity contribution in [2.75, 3.05) is 36.0 Å². The van der Waals surface area contributed by atoms with Crippen LogP contribution in [0.4, 0.5) is 26.4 Å². The highest BCUT2D eigenvalue weighted by Gasteiger charge is 2.32. The number of hydrogen-bond donors (Lipinski definition) is 1. The van der Waals surface area contributed by atoms with E-state index in [4.69, 9.17) is 14.3 Å². The van der Waals surface area contributed by atoms with Crippen molar-refractivity contribution in [2.45, 2.75) is 12.6 Å². The first-order valence-corrected chi connectivity index (χ1v) is 9.12. The Labute approximate surface area is 169 Å². The molecule has 1 saturated heterocycles. The molecular formula is C18H18FN5O6. The molecule has 0 bridgehead atoms. The lowest BCUT2D eigenvalue weighted by molar-refractivity contribution is -0.402. The molecular weight excluding hydrogens is 401 g/mol. The third-order valence-corrected chi connectivity index (χ3v) is 4.75. The molecule has 158 valence electrons. The van der Waals surface area contributed by atoms with E-state index in [0.29, 0.717) is 30.2 Å². The minimum absolute atomic E-state index is 0.152. The first-order chi connectivity index (χ1) is 14.4. The summed E-state index contributed by atoms with van der Waals surface area (Å²) in [4.78, 5) is 24.8. The van der Waals surface area contributed by atoms with Crippen molar-refractivity contribution in [3.8, 4) is 0 Å². The number of amides is 1. The van der Waals surface area contributed by atoms with Gasteiger partial charge in [0, 0.05) is 6.54 Å². The van der Waals surface area contributed by atoms with E-state index in [9.17, 15) is 19.3 Å². The molecule has 1 atom stereocenters.